The topological polar surface area (TPSA) is 99.0 Å². The van der Waals surface area contributed by atoms with E-state index in [4.69, 9.17) is 4.74 Å². The monoisotopic (exact) mass is 411 g/mol. The van der Waals surface area contributed by atoms with Gasteiger partial charge in [-0.3, -0.25) is 14.9 Å². The van der Waals surface area contributed by atoms with Crippen LogP contribution in [-0.2, 0) is 12.7 Å². The van der Waals surface area contributed by atoms with Crippen LogP contribution in [-0.4, -0.2) is 32.5 Å². The number of halogens is 3. The summed E-state index contributed by atoms with van der Waals surface area (Å²) in [4.78, 5) is 24.0. The summed E-state index contributed by atoms with van der Waals surface area (Å²) in [5.41, 5.74) is -0.619. The summed E-state index contributed by atoms with van der Waals surface area (Å²) in [6.45, 7) is 0.208. The largest absolute Gasteiger partial charge is 0.492 e. The van der Waals surface area contributed by atoms with Gasteiger partial charge in [-0.1, -0.05) is 29.5 Å². The molecule has 146 valence electrons. The van der Waals surface area contributed by atoms with E-state index in [0.717, 1.165) is 16.8 Å². The normalized spacial score (nSPS) is 11.2. The van der Waals surface area contributed by atoms with E-state index >= 15 is 0 Å². The summed E-state index contributed by atoms with van der Waals surface area (Å²) < 4.78 is 44.1. The van der Waals surface area contributed by atoms with Crippen LogP contribution >= 0.6 is 11.3 Å². The van der Waals surface area contributed by atoms with Gasteiger partial charge in [-0.15, -0.1) is 10.2 Å². The second-order valence-corrected chi connectivity index (χ2v) is 6.28. The first-order valence-corrected chi connectivity index (χ1v) is 8.62. The Morgan fingerprint density at radius 2 is 1.89 bits per heavy atom. The molecule has 0 saturated heterocycles. The fourth-order valence-corrected chi connectivity index (χ4v) is 2.65. The van der Waals surface area contributed by atoms with E-state index in [2.05, 4.69) is 20.6 Å². The standard InChI is InChI=1S/C16H12F3N5O3S/c17-16(18,19)14-21-22-15(28-14)20-13(26)11-6-7-12(25)24(23-11)8-9-27-10-4-2-1-3-5-10/h1-7H,8-9H2,(H,20,22,26). The summed E-state index contributed by atoms with van der Waals surface area (Å²) in [5, 5.41) is 10.8. The van der Waals surface area contributed by atoms with Crippen molar-refractivity contribution in [1.29, 1.82) is 0 Å². The Bertz CT molecular complexity index is 1020. The second-order valence-electron chi connectivity index (χ2n) is 5.31. The van der Waals surface area contributed by atoms with Crippen molar-refractivity contribution < 1.29 is 22.7 Å². The number of amides is 1. The van der Waals surface area contributed by atoms with E-state index in [0.29, 0.717) is 5.75 Å². The lowest BCUT2D eigenvalue weighted by molar-refractivity contribution is -0.138. The van der Waals surface area contributed by atoms with Crippen molar-refractivity contribution in [3.05, 3.63) is 63.5 Å². The number of alkyl halides is 3. The van der Waals surface area contributed by atoms with E-state index in [1.54, 1.807) is 24.3 Å². The third-order valence-corrected chi connectivity index (χ3v) is 4.19. The fourth-order valence-electron chi connectivity index (χ4n) is 2.05. The molecule has 2 heterocycles. The van der Waals surface area contributed by atoms with Crippen molar-refractivity contribution in [3.8, 4) is 5.75 Å². The molecule has 0 saturated carbocycles. The van der Waals surface area contributed by atoms with Gasteiger partial charge in [-0.2, -0.15) is 18.3 Å². The predicted molar refractivity (Wildman–Crippen MR) is 93.3 cm³/mol. The number of carbonyl (C=O) groups is 1. The van der Waals surface area contributed by atoms with Gasteiger partial charge in [-0.05, 0) is 18.2 Å². The van der Waals surface area contributed by atoms with E-state index < -0.39 is 22.7 Å². The van der Waals surface area contributed by atoms with Crippen LogP contribution in [0.15, 0.2) is 47.3 Å². The lowest BCUT2D eigenvalue weighted by atomic mass is 10.3. The lowest BCUT2D eigenvalue weighted by Crippen LogP contribution is -2.28. The maximum absolute atomic E-state index is 12.5. The zero-order chi connectivity index (χ0) is 20.1. The van der Waals surface area contributed by atoms with Crippen molar-refractivity contribution in [2.75, 3.05) is 11.9 Å². The van der Waals surface area contributed by atoms with Crippen molar-refractivity contribution in [1.82, 2.24) is 20.0 Å². The highest BCUT2D eigenvalue weighted by molar-refractivity contribution is 7.15. The molecule has 28 heavy (non-hydrogen) atoms. The third-order valence-electron chi connectivity index (χ3n) is 3.30. The van der Waals surface area contributed by atoms with E-state index in [9.17, 15) is 22.8 Å². The first-order chi connectivity index (χ1) is 13.3. The Labute approximate surface area is 159 Å². The lowest BCUT2D eigenvalue weighted by Gasteiger charge is -2.08. The second kappa shape index (κ2) is 8.17. The van der Waals surface area contributed by atoms with Crippen LogP contribution in [0.1, 0.15) is 15.5 Å². The van der Waals surface area contributed by atoms with Crippen LogP contribution < -0.4 is 15.6 Å². The van der Waals surface area contributed by atoms with E-state index in [1.807, 2.05) is 6.07 Å². The average Bonchev–Trinajstić information content (AvgIpc) is 3.13. The van der Waals surface area contributed by atoms with Gasteiger partial charge in [0.15, 0.2) is 0 Å². The summed E-state index contributed by atoms with van der Waals surface area (Å²) in [7, 11) is 0. The van der Waals surface area contributed by atoms with Crippen LogP contribution in [0.25, 0.3) is 0 Å². The number of rotatable bonds is 6. The summed E-state index contributed by atoms with van der Waals surface area (Å²) in [6.07, 6.45) is -4.65. The number of hydrogen-bond donors (Lipinski definition) is 1. The Morgan fingerprint density at radius 1 is 1.14 bits per heavy atom. The molecule has 1 aromatic carbocycles. The molecule has 0 aliphatic carbocycles. The molecule has 3 aromatic rings. The number of nitrogens with zero attached hydrogens (tertiary/aromatic N) is 4. The molecular weight excluding hydrogens is 399 g/mol. The van der Waals surface area contributed by atoms with Crippen LogP contribution in [0.3, 0.4) is 0 Å². The number of carbonyl (C=O) groups excluding carboxylic acids is 1. The van der Waals surface area contributed by atoms with Crippen molar-refractivity contribution in [3.63, 3.8) is 0 Å². The molecule has 0 radical (unpaired) electrons. The van der Waals surface area contributed by atoms with Gasteiger partial charge in [0.2, 0.25) is 10.1 Å². The average molecular weight is 411 g/mol. The Morgan fingerprint density at radius 3 is 2.57 bits per heavy atom. The zero-order valence-corrected chi connectivity index (χ0v) is 14.8. The molecule has 1 amide bonds. The smallest absolute Gasteiger partial charge is 0.445 e. The number of nitrogens with one attached hydrogen (secondary N) is 1. The van der Waals surface area contributed by atoms with Gasteiger partial charge in [-0.25, -0.2) is 4.68 Å². The zero-order valence-electron chi connectivity index (χ0n) is 14.0. The Kier molecular flexibility index (Phi) is 5.68. The molecule has 0 fully saturated rings. The van der Waals surface area contributed by atoms with Crippen molar-refractivity contribution in [2.45, 2.75) is 12.7 Å². The highest BCUT2D eigenvalue weighted by Crippen LogP contribution is 2.33. The Hall–Kier alpha value is -3.28. The summed E-state index contributed by atoms with van der Waals surface area (Å²) >= 11 is 0.186. The number of aromatic nitrogens is 4. The molecule has 12 heteroatoms. The molecule has 0 aliphatic heterocycles. The third kappa shape index (κ3) is 4.91. The maximum Gasteiger partial charge on any atom is 0.445 e. The first-order valence-electron chi connectivity index (χ1n) is 7.81. The Balaban J connectivity index is 1.65. The highest BCUT2D eigenvalue weighted by atomic mass is 32.1. The van der Waals surface area contributed by atoms with Gasteiger partial charge in [0, 0.05) is 6.07 Å². The van der Waals surface area contributed by atoms with Crippen molar-refractivity contribution in [2.24, 2.45) is 0 Å². The first kappa shape index (κ1) is 19.5. The molecule has 3 rings (SSSR count). The van der Waals surface area contributed by atoms with Gasteiger partial charge in [0.05, 0.1) is 6.54 Å². The fraction of sp³-hybridized carbons (Fsp3) is 0.188. The molecule has 0 aliphatic rings. The van der Waals surface area contributed by atoms with Gasteiger partial charge in [0.25, 0.3) is 11.5 Å². The maximum atomic E-state index is 12.5. The van der Waals surface area contributed by atoms with Crippen LogP contribution in [0, 0.1) is 0 Å². The van der Waals surface area contributed by atoms with E-state index in [-0.39, 0.29) is 35.3 Å². The number of para-hydroxylation sites is 1. The van der Waals surface area contributed by atoms with Crippen LogP contribution in [0.4, 0.5) is 18.3 Å². The minimum absolute atomic E-state index is 0.0753. The molecular formula is C16H12F3N5O3S. The minimum Gasteiger partial charge on any atom is -0.492 e. The molecule has 0 atom stereocenters. The molecule has 2 aromatic heterocycles. The predicted octanol–water partition coefficient (Wildman–Crippen LogP) is 2.44. The van der Waals surface area contributed by atoms with Gasteiger partial charge in [0.1, 0.15) is 18.1 Å². The molecule has 0 bridgehead atoms. The summed E-state index contributed by atoms with van der Waals surface area (Å²) in [6, 6.07) is 11.2. The molecule has 1 N–H and O–H groups in total. The number of anilines is 1. The number of benzene rings is 1. The SMILES string of the molecule is O=C(Nc1nnc(C(F)(F)F)s1)c1ccc(=O)n(CCOc2ccccc2)n1. The van der Waals surface area contributed by atoms with Gasteiger partial charge < -0.3 is 4.74 Å². The van der Waals surface area contributed by atoms with Crippen LogP contribution in [0.2, 0.25) is 0 Å². The van der Waals surface area contributed by atoms with Crippen molar-refractivity contribution >= 4 is 22.4 Å². The highest BCUT2D eigenvalue weighted by Gasteiger charge is 2.35. The van der Waals surface area contributed by atoms with Crippen LogP contribution in [0.5, 0.6) is 5.75 Å². The molecule has 8 nitrogen and oxygen atoms in total. The van der Waals surface area contributed by atoms with Gasteiger partial charge >= 0.3 is 6.18 Å². The van der Waals surface area contributed by atoms with E-state index in [1.165, 1.54) is 0 Å². The molecule has 0 unspecified atom stereocenters. The summed E-state index contributed by atoms with van der Waals surface area (Å²) in [5.74, 6) is -0.205. The molecule has 0 spiro atoms. The number of hydrogen-bond acceptors (Lipinski definition) is 7. The minimum atomic E-state index is -4.65. The quantitative estimate of drug-likeness (QED) is 0.669. The number of ether oxygens (including phenoxy) is 1.